The molecule has 2 atom stereocenters. The van der Waals surface area contributed by atoms with Crippen LogP contribution in [0.5, 0.6) is 0 Å². The maximum absolute atomic E-state index is 12.5. The molecule has 2 saturated heterocycles. The van der Waals surface area contributed by atoms with Gasteiger partial charge in [-0.25, -0.2) is 8.42 Å². The molecule has 20 heavy (non-hydrogen) atoms. The monoisotopic (exact) mass is 300 g/mol. The first-order valence-corrected chi connectivity index (χ1v) is 9.05. The number of hydrogen-bond donors (Lipinski definition) is 1. The van der Waals surface area contributed by atoms with Gasteiger partial charge < -0.3 is 10.2 Å². The van der Waals surface area contributed by atoms with Crippen molar-refractivity contribution in [3.8, 4) is 0 Å². The van der Waals surface area contributed by atoms with E-state index in [-0.39, 0.29) is 41.2 Å². The molecular weight excluding hydrogens is 280 g/mol. The molecule has 1 N–H and O–H groups in total. The Morgan fingerprint density at radius 2 is 1.95 bits per heavy atom. The van der Waals surface area contributed by atoms with E-state index in [1.807, 2.05) is 0 Å². The molecule has 3 aliphatic rings. The van der Waals surface area contributed by atoms with Gasteiger partial charge in [0, 0.05) is 19.5 Å². The van der Waals surface area contributed by atoms with Crippen LogP contribution in [0.15, 0.2) is 0 Å². The number of nitrogens with zero attached hydrogens (tertiary/aromatic N) is 1. The highest BCUT2D eigenvalue weighted by molar-refractivity contribution is 7.91. The van der Waals surface area contributed by atoms with Crippen LogP contribution in [0.3, 0.4) is 0 Å². The molecule has 3 fully saturated rings. The highest BCUT2D eigenvalue weighted by Crippen LogP contribution is 2.34. The largest absolute Gasteiger partial charge is 0.344 e. The van der Waals surface area contributed by atoms with Crippen molar-refractivity contribution in [2.24, 2.45) is 11.8 Å². The molecule has 7 heteroatoms. The van der Waals surface area contributed by atoms with Gasteiger partial charge in [0.15, 0.2) is 9.84 Å². The van der Waals surface area contributed by atoms with Gasteiger partial charge in [0.05, 0.1) is 11.5 Å². The topological polar surface area (TPSA) is 83.6 Å². The van der Waals surface area contributed by atoms with E-state index < -0.39 is 9.84 Å². The minimum atomic E-state index is -2.92. The minimum Gasteiger partial charge on any atom is -0.344 e. The van der Waals surface area contributed by atoms with Crippen molar-refractivity contribution in [1.29, 1.82) is 0 Å². The lowest BCUT2D eigenvalue weighted by atomic mass is 10.1. The Morgan fingerprint density at radius 1 is 1.20 bits per heavy atom. The third-order valence-corrected chi connectivity index (χ3v) is 6.24. The summed E-state index contributed by atoms with van der Waals surface area (Å²) in [7, 11) is -2.92. The van der Waals surface area contributed by atoms with E-state index in [9.17, 15) is 18.0 Å². The first-order chi connectivity index (χ1) is 9.44. The molecule has 1 aliphatic carbocycles. The van der Waals surface area contributed by atoms with Crippen LogP contribution < -0.4 is 5.32 Å². The summed E-state index contributed by atoms with van der Waals surface area (Å²) in [5, 5.41) is 2.81. The van der Waals surface area contributed by atoms with E-state index in [4.69, 9.17) is 0 Å². The van der Waals surface area contributed by atoms with E-state index in [1.165, 1.54) is 0 Å². The Balaban J connectivity index is 1.68. The van der Waals surface area contributed by atoms with Gasteiger partial charge in [-0.2, -0.15) is 0 Å². The molecule has 2 amide bonds. The molecule has 6 nitrogen and oxygen atoms in total. The van der Waals surface area contributed by atoms with E-state index in [0.29, 0.717) is 25.9 Å². The van der Waals surface area contributed by atoms with Crippen LogP contribution in [0.4, 0.5) is 0 Å². The minimum absolute atomic E-state index is 0.0250. The van der Waals surface area contributed by atoms with Gasteiger partial charge in [0.2, 0.25) is 11.8 Å². The van der Waals surface area contributed by atoms with E-state index in [1.54, 1.807) is 4.90 Å². The Labute approximate surface area is 118 Å². The summed E-state index contributed by atoms with van der Waals surface area (Å²) < 4.78 is 23.0. The zero-order valence-electron chi connectivity index (χ0n) is 11.4. The van der Waals surface area contributed by atoms with Crippen molar-refractivity contribution in [2.75, 3.05) is 24.6 Å². The normalized spacial score (nSPS) is 33.9. The summed E-state index contributed by atoms with van der Waals surface area (Å²) >= 11 is 0. The first-order valence-electron chi connectivity index (χ1n) is 7.23. The Morgan fingerprint density at radius 3 is 2.55 bits per heavy atom. The summed E-state index contributed by atoms with van der Waals surface area (Å²) in [5.41, 5.74) is 0. The molecule has 2 aliphatic heterocycles. The number of carbonyl (C=O) groups is 2. The lowest BCUT2D eigenvalue weighted by Gasteiger charge is -2.26. The highest BCUT2D eigenvalue weighted by atomic mass is 32.2. The van der Waals surface area contributed by atoms with Crippen LogP contribution in [0.25, 0.3) is 0 Å². The summed E-state index contributed by atoms with van der Waals surface area (Å²) in [6, 6.07) is -0.386. The molecule has 0 bridgehead atoms. The predicted octanol–water partition coefficient (Wildman–Crippen LogP) is -0.452. The number of hydrogen-bond acceptors (Lipinski definition) is 4. The molecule has 112 valence electrons. The smallest absolute Gasteiger partial charge is 0.245 e. The zero-order chi connectivity index (χ0) is 14.3. The Bertz CT molecular complexity index is 526. The summed E-state index contributed by atoms with van der Waals surface area (Å²) in [5.74, 6) is 0.602. The van der Waals surface area contributed by atoms with Crippen LogP contribution in [-0.2, 0) is 19.4 Å². The molecule has 0 aromatic rings. The van der Waals surface area contributed by atoms with Crippen LogP contribution in [-0.4, -0.2) is 55.8 Å². The fourth-order valence-corrected chi connectivity index (χ4v) is 4.96. The molecule has 0 aromatic carbocycles. The third kappa shape index (κ3) is 2.97. The number of sulfone groups is 1. The lowest BCUT2D eigenvalue weighted by molar-refractivity contribution is -0.134. The number of amides is 2. The van der Waals surface area contributed by atoms with Crippen molar-refractivity contribution >= 4 is 21.7 Å². The van der Waals surface area contributed by atoms with E-state index >= 15 is 0 Å². The van der Waals surface area contributed by atoms with Gasteiger partial charge in [0.25, 0.3) is 0 Å². The van der Waals surface area contributed by atoms with Gasteiger partial charge in [-0.05, 0) is 31.1 Å². The van der Waals surface area contributed by atoms with Gasteiger partial charge in [-0.3, -0.25) is 9.59 Å². The average molecular weight is 300 g/mol. The van der Waals surface area contributed by atoms with Crippen LogP contribution in [0.2, 0.25) is 0 Å². The second kappa shape index (κ2) is 5.02. The molecular formula is C13H20N2O4S. The van der Waals surface area contributed by atoms with E-state index in [2.05, 4.69) is 5.32 Å². The molecule has 0 spiro atoms. The van der Waals surface area contributed by atoms with Gasteiger partial charge in [-0.1, -0.05) is 0 Å². The second-order valence-electron chi connectivity index (χ2n) is 6.19. The molecule has 0 radical (unpaired) electrons. The third-order valence-electron chi connectivity index (χ3n) is 4.40. The van der Waals surface area contributed by atoms with Crippen molar-refractivity contribution in [3.63, 3.8) is 0 Å². The fraction of sp³-hybridized carbons (Fsp3) is 0.846. The summed E-state index contributed by atoms with van der Waals surface area (Å²) in [6.45, 7) is 0.876. The molecule has 1 saturated carbocycles. The standard InChI is InChI=1S/C13H20N2O4S/c16-11-3-5-15(7-9-4-6-20(18,19)8-9)13(17)12(14-11)10-1-2-10/h9-10,12H,1-8H2,(H,14,16). The Hall–Kier alpha value is -1.11. The van der Waals surface area contributed by atoms with Crippen LogP contribution in [0, 0.1) is 11.8 Å². The quantitative estimate of drug-likeness (QED) is 0.765. The van der Waals surface area contributed by atoms with Gasteiger partial charge >= 0.3 is 0 Å². The molecule has 0 aromatic heterocycles. The van der Waals surface area contributed by atoms with E-state index in [0.717, 1.165) is 12.8 Å². The van der Waals surface area contributed by atoms with Crippen LogP contribution in [0.1, 0.15) is 25.7 Å². The number of carbonyl (C=O) groups excluding carboxylic acids is 2. The summed E-state index contributed by atoms with van der Waals surface area (Å²) in [4.78, 5) is 25.9. The SMILES string of the molecule is O=C1CCN(CC2CCS(=O)(=O)C2)C(=O)C(C2CC2)N1. The molecule has 3 rings (SSSR count). The Kier molecular flexibility index (Phi) is 3.48. The van der Waals surface area contributed by atoms with Gasteiger partial charge in [0.1, 0.15) is 6.04 Å². The number of nitrogens with one attached hydrogen (secondary N) is 1. The molecule has 2 heterocycles. The lowest BCUT2D eigenvalue weighted by Crippen LogP contribution is -2.47. The second-order valence-corrected chi connectivity index (χ2v) is 8.41. The maximum atomic E-state index is 12.5. The average Bonchev–Trinajstić information content (AvgIpc) is 3.16. The predicted molar refractivity (Wildman–Crippen MR) is 72.6 cm³/mol. The fourth-order valence-electron chi connectivity index (χ4n) is 3.11. The first kappa shape index (κ1) is 13.9. The molecule has 2 unspecified atom stereocenters. The van der Waals surface area contributed by atoms with Gasteiger partial charge in [-0.15, -0.1) is 0 Å². The van der Waals surface area contributed by atoms with Crippen molar-refractivity contribution in [2.45, 2.75) is 31.7 Å². The number of rotatable bonds is 3. The highest BCUT2D eigenvalue weighted by Gasteiger charge is 2.42. The summed E-state index contributed by atoms with van der Waals surface area (Å²) in [6.07, 6.45) is 2.92. The zero-order valence-corrected chi connectivity index (χ0v) is 12.2. The maximum Gasteiger partial charge on any atom is 0.245 e. The van der Waals surface area contributed by atoms with Crippen molar-refractivity contribution in [3.05, 3.63) is 0 Å². The van der Waals surface area contributed by atoms with Crippen LogP contribution >= 0.6 is 0 Å². The van der Waals surface area contributed by atoms with Crippen molar-refractivity contribution in [1.82, 2.24) is 10.2 Å². The van der Waals surface area contributed by atoms with Crippen molar-refractivity contribution < 1.29 is 18.0 Å².